The van der Waals surface area contributed by atoms with Gasteiger partial charge in [-0.1, -0.05) is 28.8 Å². The highest BCUT2D eigenvalue weighted by atomic mass is 79.9. The van der Waals surface area contributed by atoms with Crippen molar-refractivity contribution < 1.29 is 4.74 Å². The summed E-state index contributed by atoms with van der Waals surface area (Å²) in [5.74, 6) is 3.48. The van der Waals surface area contributed by atoms with Crippen LogP contribution in [0.2, 0.25) is 0 Å². The molecule has 3 fully saturated rings. The predicted octanol–water partition coefficient (Wildman–Crippen LogP) is 3.99. The molecule has 92 valence electrons. The highest BCUT2D eigenvalue weighted by Crippen LogP contribution is 2.45. The van der Waals surface area contributed by atoms with E-state index in [-0.39, 0.29) is 0 Å². The molecule has 0 radical (unpaired) electrons. The molecular formula is C13H21BrOS. The van der Waals surface area contributed by atoms with Gasteiger partial charge in [-0.2, -0.15) is 11.8 Å². The largest absolute Gasteiger partial charge is 0.372 e. The molecule has 3 heteroatoms. The van der Waals surface area contributed by atoms with Gasteiger partial charge in [-0.3, -0.25) is 0 Å². The van der Waals surface area contributed by atoms with Gasteiger partial charge in [0.25, 0.3) is 0 Å². The first-order valence-electron chi connectivity index (χ1n) is 6.67. The Morgan fingerprint density at radius 1 is 1.19 bits per heavy atom. The lowest BCUT2D eigenvalue weighted by atomic mass is 9.96. The Bertz CT molecular complexity index is 252. The third-order valence-electron chi connectivity index (χ3n) is 4.54. The van der Waals surface area contributed by atoms with E-state index in [4.69, 9.17) is 4.74 Å². The van der Waals surface area contributed by atoms with Crippen LogP contribution >= 0.6 is 27.7 Å². The monoisotopic (exact) mass is 304 g/mol. The molecule has 0 N–H and O–H groups in total. The van der Waals surface area contributed by atoms with Crippen LogP contribution in [0, 0.1) is 5.92 Å². The van der Waals surface area contributed by atoms with Crippen LogP contribution in [0.15, 0.2) is 0 Å². The molecule has 1 aliphatic carbocycles. The fourth-order valence-corrected chi connectivity index (χ4v) is 6.09. The van der Waals surface area contributed by atoms with Gasteiger partial charge in [-0.25, -0.2) is 0 Å². The van der Waals surface area contributed by atoms with E-state index >= 15 is 0 Å². The molecule has 1 nitrogen and oxygen atoms in total. The normalized spacial score (nSPS) is 42.2. The zero-order valence-electron chi connectivity index (χ0n) is 9.79. The summed E-state index contributed by atoms with van der Waals surface area (Å²) in [4.78, 5) is 0.737. The Morgan fingerprint density at radius 3 is 2.69 bits per heavy atom. The third-order valence-corrected chi connectivity index (χ3v) is 7.30. The minimum atomic E-state index is 0.332. The van der Waals surface area contributed by atoms with Crippen molar-refractivity contribution in [3.63, 3.8) is 0 Å². The van der Waals surface area contributed by atoms with E-state index in [1.54, 1.807) is 0 Å². The van der Waals surface area contributed by atoms with Crippen LogP contribution in [0.1, 0.15) is 44.9 Å². The maximum absolute atomic E-state index is 6.39. The van der Waals surface area contributed by atoms with Crippen molar-refractivity contribution in [2.45, 2.75) is 61.5 Å². The van der Waals surface area contributed by atoms with Gasteiger partial charge in [-0.05, 0) is 43.8 Å². The molecule has 2 saturated heterocycles. The molecule has 3 atom stereocenters. The lowest BCUT2D eigenvalue weighted by Crippen LogP contribution is -2.26. The Morgan fingerprint density at radius 2 is 2.00 bits per heavy atom. The van der Waals surface area contributed by atoms with Gasteiger partial charge in [0.2, 0.25) is 0 Å². The van der Waals surface area contributed by atoms with Gasteiger partial charge in [0.05, 0.1) is 11.7 Å². The molecule has 0 aromatic rings. The number of hydrogen-bond donors (Lipinski definition) is 0. The minimum absolute atomic E-state index is 0.332. The van der Waals surface area contributed by atoms with Crippen molar-refractivity contribution in [1.29, 1.82) is 0 Å². The molecule has 3 aliphatic rings. The van der Waals surface area contributed by atoms with Crippen molar-refractivity contribution in [2.75, 3.05) is 11.5 Å². The lowest BCUT2D eigenvalue weighted by molar-refractivity contribution is -0.0428. The van der Waals surface area contributed by atoms with E-state index < -0.39 is 0 Å². The Hall–Kier alpha value is 0.790. The average molecular weight is 305 g/mol. The zero-order chi connectivity index (χ0) is 11.0. The van der Waals surface area contributed by atoms with Crippen LogP contribution < -0.4 is 0 Å². The van der Waals surface area contributed by atoms with Gasteiger partial charge in [0, 0.05) is 10.6 Å². The number of thioether (sulfide) groups is 1. The molecular weight excluding hydrogens is 284 g/mol. The van der Waals surface area contributed by atoms with Crippen LogP contribution in [0.4, 0.5) is 0 Å². The van der Waals surface area contributed by atoms with Crippen LogP contribution in [0.25, 0.3) is 0 Å². The molecule has 2 aliphatic heterocycles. The van der Waals surface area contributed by atoms with Gasteiger partial charge >= 0.3 is 0 Å². The predicted molar refractivity (Wildman–Crippen MR) is 73.5 cm³/mol. The van der Waals surface area contributed by atoms with Crippen molar-refractivity contribution in [3.05, 3.63) is 0 Å². The molecule has 3 rings (SSSR count). The second kappa shape index (κ2) is 4.81. The third kappa shape index (κ3) is 2.32. The van der Waals surface area contributed by atoms with Gasteiger partial charge in [-0.15, -0.1) is 0 Å². The fourth-order valence-electron chi connectivity index (χ4n) is 3.57. The maximum atomic E-state index is 6.39. The second-order valence-corrected chi connectivity index (χ2v) is 7.97. The lowest BCUT2D eigenvalue weighted by Gasteiger charge is -2.25. The van der Waals surface area contributed by atoms with Crippen LogP contribution in [0.3, 0.4) is 0 Å². The molecule has 1 saturated carbocycles. The topological polar surface area (TPSA) is 9.23 Å². The van der Waals surface area contributed by atoms with Gasteiger partial charge in [0.1, 0.15) is 0 Å². The Labute approximate surface area is 111 Å². The van der Waals surface area contributed by atoms with E-state index in [1.807, 2.05) is 0 Å². The summed E-state index contributed by atoms with van der Waals surface area (Å²) in [6, 6.07) is 0. The molecule has 0 aromatic heterocycles. The van der Waals surface area contributed by atoms with Gasteiger partial charge < -0.3 is 4.74 Å². The number of halogens is 1. The van der Waals surface area contributed by atoms with Crippen LogP contribution in [-0.2, 0) is 4.74 Å². The first-order valence-corrected chi connectivity index (χ1v) is 8.74. The maximum Gasteiger partial charge on any atom is 0.0687 e. The van der Waals surface area contributed by atoms with E-state index in [0.29, 0.717) is 11.7 Å². The molecule has 3 unspecified atom stereocenters. The Balaban J connectivity index is 1.53. The van der Waals surface area contributed by atoms with Crippen LogP contribution in [-0.4, -0.2) is 28.0 Å². The summed E-state index contributed by atoms with van der Waals surface area (Å²) >= 11 is 5.91. The number of rotatable bonds is 2. The summed E-state index contributed by atoms with van der Waals surface area (Å²) in [5.41, 5.74) is 0.332. The molecule has 1 spiro atoms. The highest BCUT2D eigenvalue weighted by molar-refractivity contribution is 9.09. The molecule has 2 heterocycles. The smallest absolute Gasteiger partial charge is 0.0687 e. The SMILES string of the molecule is BrC1CSCC1CC1CCC2(CCCC2)O1. The van der Waals surface area contributed by atoms with Crippen molar-refractivity contribution in [3.8, 4) is 0 Å². The molecule has 16 heavy (non-hydrogen) atoms. The number of alkyl halides is 1. The zero-order valence-corrected chi connectivity index (χ0v) is 12.2. The first-order chi connectivity index (χ1) is 7.77. The van der Waals surface area contributed by atoms with Gasteiger partial charge in [0.15, 0.2) is 0 Å². The molecule has 0 bridgehead atoms. The number of ether oxygens (including phenoxy) is 1. The van der Waals surface area contributed by atoms with Crippen molar-refractivity contribution in [1.82, 2.24) is 0 Å². The van der Waals surface area contributed by atoms with Crippen molar-refractivity contribution in [2.24, 2.45) is 5.92 Å². The average Bonchev–Trinajstić information content (AvgIpc) is 2.96. The standard InChI is InChI=1S/C13H21BrOS/c14-12-9-16-8-10(12)7-11-3-6-13(15-11)4-1-2-5-13/h10-12H,1-9H2. The summed E-state index contributed by atoms with van der Waals surface area (Å²) < 4.78 is 6.39. The second-order valence-electron chi connectivity index (χ2n) is 5.72. The summed E-state index contributed by atoms with van der Waals surface area (Å²) in [7, 11) is 0. The fraction of sp³-hybridized carbons (Fsp3) is 1.00. The van der Waals surface area contributed by atoms with E-state index in [2.05, 4.69) is 27.7 Å². The highest BCUT2D eigenvalue weighted by Gasteiger charge is 2.43. The number of hydrogen-bond acceptors (Lipinski definition) is 2. The van der Waals surface area contributed by atoms with E-state index in [1.165, 1.54) is 56.5 Å². The van der Waals surface area contributed by atoms with Crippen molar-refractivity contribution >= 4 is 27.7 Å². The van der Waals surface area contributed by atoms with Crippen LogP contribution in [0.5, 0.6) is 0 Å². The summed E-state index contributed by atoms with van der Waals surface area (Å²) in [6.45, 7) is 0. The molecule has 0 aromatic carbocycles. The van der Waals surface area contributed by atoms with E-state index in [9.17, 15) is 0 Å². The van der Waals surface area contributed by atoms with E-state index in [0.717, 1.165) is 10.7 Å². The summed E-state index contributed by atoms with van der Waals surface area (Å²) in [5, 5.41) is 0. The summed E-state index contributed by atoms with van der Waals surface area (Å²) in [6.07, 6.45) is 9.99. The quantitative estimate of drug-likeness (QED) is 0.713. The first kappa shape index (κ1) is 11.9. The minimum Gasteiger partial charge on any atom is -0.372 e. The molecule has 0 amide bonds. The Kier molecular flexibility index (Phi) is 3.57.